The van der Waals surface area contributed by atoms with Crippen molar-refractivity contribution in [1.82, 2.24) is 0 Å². The average Bonchev–Trinajstić information content (AvgIpc) is 2.88. The van der Waals surface area contributed by atoms with E-state index in [0.717, 1.165) is 25.7 Å². The van der Waals surface area contributed by atoms with Crippen molar-refractivity contribution in [1.29, 1.82) is 0 Å². The fraction of sp³-hybridized carbons (Fsp3) is 0.600. The van der Waals surface area contributed by atoms with Gasteiger partial charge in [-0.25, -0.2) is 4.39 Å². The minimum Gasteiger partial charge on any atom is -0.496 e. The van der Waals surface area contributed by atoms with Crippen molar-refractivity contribution in [2.75, 3.05) is 13.7 Å². The van der Waals surface area contributed by atoms with Crippen LogP contribution in [0.2, 0.25) is 0 Å². The number of rotatable bonds is 5. The maximum Gasteiger partial charge on any atom is 0.124 e. The predicted octanol–water partition coefficient (Wildman–Crippen LogP) is 3.22. The highest BCUT2D eigenvalue weighted by atomic mass is 19.1. The third-order valence-corrected chi connectivity index (χ3v) is 3.87. The molecule has 1 saturated carbocycles. The monoisotopic (exact) mass is 268 g/mol. The standard InChI is InChI=1S/C15H21FO3/c1-3-19-15(8-4-5-9-15)14(17)12-10-11(16)6-7-13(12)18-2/h6-7,10,14,17H,3-5,8-9H2,1-2H3. The maximum atomic E-state index is 13.4. The van der Waals surface area contributed by atoms with E-state index in [-0.39, 0.29) is 5.82 Å². The van der Waals surface area contributed by atoms with Crippen LogP contribution in [0, 0.1) is 5.82 Å². The van der Waals surface area contributed by atoms with Gasteiger partial charge in [0.15, 0.2) is 0 Å². The molecule has 0 heterocycles. The number of methoxy groups -OCH3 is 1. The molecule has 4 heteroatoms. The molecule has 1 unspecified atom stereocenters. The fourth-order valence-corrected chi connectivity index (χ4v) is 2.96. The second-order valence-corrected chi connectivity index (χ2v) is 4.99. The van der Waals surface area contributed by atoms with Crippen molar-refractivity contribution < 1.29 is 19.0 Å². The zero-order chi connectivity index (χ0) is 13.9. The fourth-order valence-electron chi connectivity index (χ4n) is 2.96. The lowest BCUT2D eigenvalue weighted by Gasteiger charge is -2.34. The summed E-state index contributed by atoms with van der Waals surface area (Å²) < 4.78 is 24.5. The van der Waals surface area contributed by atoms with Crippen molar-refractivity contribution in [3.8, 4) is 5.75 Å². The molecule has 2 rings (SSSR count). The molecule has 1 aliphatic carbocycles. The van der Waals surface area contributed by atoms with Crippen LogP contribution < -0.4 is 4.74 Å². The Balaban J connectivity index is 2.36. The van der Waals surface area contributed by atoms with Gasteiger partial charge in [0, 0.05) is 12.2 Å². The summed E-state index contributed by atoms with van der Waals surface area (Å²) >= 11 is 0. The van der Waals surface area contributed by atoms with Gasteiger partial charge in [-0.15, -0.1) is 0 Å². The Hall–Kier alpha value is -1.13. The Morgan fingerprint density at radius 1 is 1.37 bits per heavy atom. The Morgan fingerprint density at radius 3 is 2.63 bits per heavy atom. The van der Waals surface area contributed by atoms with E-state index in [1.807, 2.05) is 6.92 Å². The molecule has 0 amide bonds. The smallest absolute Gasteiger partial charge is 0.124 e. The van der Waals surface area contributed by atoms with Crippen molar-refractivity contribution in [2.45, 2.75) is 44.3 Å². The number of halogens is 1. The molecule has 0 aliphatic heterocycles. The predicted molar refractivity (Wildman–Crippen MR) is 70.7 cm³/mol. The highest BCUT2D eigenvalue weighted by Gasteiger charge is 2.43. The number of ether oxygens (including phenoxy) is 2. The summed E-state index contributed by atoms with van der Waals surface area (Å²) in [6, 6.07) is 4.21. The Bertz CT molecular complexity index is 427. The molecule has 1 atom stereocenters. The van der Waals surface area contributed by atoms with Gasteiger partial charge in [-0.2, -0.15) is 0 Å². The summed E-state index contributed by atoms with van der Waals surface area (Å²) in [5.74, 6) is 0.124. The second kappa shape index (κ2) is 5.88. The SMILES string of the molecule is CCOC1(C(O)c2cc(F)ccc2OC)CCCC1. The minimum absolute atomic E-state index is 0.375. The second-order valence-electron chi connectivity index (χ2n) is 4.99. The number of aliphatic hydroxyl groups excluding tert-OH is 1. The minimum atomic E-state index is -0.861. The summed E-state index contributed by atoms with van der Waals surface area (Å²) in [7, 11) is 1.52. The molecular weight excluding hydrogens is 247 g/mol. The van der Waals surface area contributed by atoms with Crippen LogP contribution in [-0.2, 0) is 4.74 Å². The largest absolute Gasteiger partial charge is 0.496 e. The average molecular weight is 268 g/mol. The van der Waals surface area contributed by atoms with Crippen LogP contribution in [0.4, 0.5) is 4.39 Å². The van der Waals surface area contributed by atoms with Crippen LogP contribution >= 0.6 is 0 Å². The molecule has 1 N–H and O–H groups in total. The first kappa shape index (κ1) is 14.3. The van der Waals surface area contributed by atoms with Gasteiger partial charge in [-0.1, -0.05) is 12.8 Å². The van der Waals surface area contributed by atoms with Gasteiger partial charge in [0.05, 0.1) is 12.7 Å². The van der Waals surface area contributed by atoms with Crippen LogP contribution in [0.5, 0.6) is 5.75 Å². The molecule has 3 nitrogen and oxygen atoms in total. The van der Waals surface area contributed by atoms with Crippen molar-refractivity contribution in [2.24, 2.45) is 0 Å². The Morgan fingerprint density at radius 2 is 2.05 bits per heavy atom. The van der Waals surface area contributed by atoms with Gasteiger partial charge >= 0.3 is 0 Å². The van der Waals surface area contributed by atoms with Crippen molar-refractivity contribution in [3.63, 3.8) is 0 Å². The van der Waals surface area contributed by atoms with E-state index in [4.69, 9.17) is 9.47 Å². The van der Waals surface area contributed by atoms with Gasteiger partial charge in [-0.05, 0) is 38.0 Å². The zero-order valence-corrected chi connectivity index (χ0v) is 11.5. The molecule has 1 fully saturated rings. The van der Waals surface area contributed by atoms with E-state index >= 15 is 0 Å². The van der Waals surface area contributed by atoms with Crippen LogP contribution in [0.15, 0.2) is 18.2 Å². The molecule has 1 aromatic rings. The topological polar surface area (TPSA) is 38.7 Å². The molecular formula is C15H21FO3. The molecule has 1 aromatic carbocycles. The quantitative estimate of drug-likeness (QED) is 0.891. The Labute approximate surface area is 113 Å². The third kappa shape index (κ3) is 2.74. The number of hydrogen-bond donors (Lipinski definition) is 1. The van der Waals surface area contributed by atoms with E-state index in [2.05, 4.69) is 0 Å². The summed E-state index contributed by atoms with van der Waals surface area (Å²) in [6.45, 7) is 2.45. The van der Waals surface area contributed by atoms with Crippen LogP contribution in [-0.4, -0.2) is 24.4 Å². The molecule has 1 aliphatic rings. The normalized spacial score (nSPS) is 19.4. The number of benzene rings is 1. The lowest BCUT2D eigenvalue weighted by molar-refractivity contribution is -0.119. The van der Waals surface area contributed by atoms with Gasteiger partial charge < -0.3 is 14.6 Å². The molecule has 0 spiro atoms. The molecule has 0 radical (unpaired) electrons. The van der Waals surface area contributed by atoms with E-state index in [1.165, 1.54) is 19.2 Å². The van der Waals surface area contributed by atoms with Crippen LogP contribution in [0.3, 0.4) is 0 Å². The van der Waals surface area contributed by atoms with Gasteiger partial charge in [0.2, 0.25) is 0 Å². The molecule has 106 valence electrons. The summed E-state index contributed by atoms with van der Waals surface area (Å²) in [6.07, 6.45) is 2.77. The highest BCUT2D eigenvalue weighted by Crippen LogP contribution is 2.45. The molecule has 0 bridgehead atoms. The van der Waals surface area contributed by atoms with E-state index in [1.54, 1.807) is 6.07 Å². The van der Waals surface area contributed by atoms with Crippen molar-refractivity contribution >= 4 is 0 Å². The third-order valence-electron chi connectivity index (χ3n) is 3.87. The molecule has 0 saturated heterocycles. The summed E-state index contributed by atoms with van der Waals surface area (Å²) in [4.78, 5) is 0. The van der Waals surface area contributed by atoms with Crippen LogP contribution in [0.1, 0.15) is 44.3 Å². The van der Waals surface area contributed by atoms with Gasteiger partial charge in [-0.3, -0.25) is 0 Å². The van der Waals surface area contributed by atoms with E-state index < -0.39 is 11.7 Å². The Kier molecular flexibility index (Phi) is 4.42. The summed E-state index contributed by atoms with van der Waals surface area (Å²) in [5.41, 5.74) is -0.131. The lowest BCUT2D eigenvalue weighted by atomic mass is 9.88. The first-order valence-electron chi connectivity index (χ1n) is 6.78. The lowest BCUT2D eigenvalue weighted by Crippen LogP contribution is -2.37. The summed E-state index contributed by atoms with van der Waals surface area (Å²) in [5, 5.41) is 10.7. The highest BCUT2D eigenvalue weighted by molar-refractivity contribution is 5.37. The number of aliphatic hydroxyl groups is 1. The van der Waals surface area contributed by atoms with Gasteiger partial charge in [0.1, 0.15) is 17.7 Å². The van der Waals surface area contributed by atoms with E-state index in [0.29, 0.717) is 17.9 Å². The number of hydrogen-bond acceptors (Lipinski definition) is 3. The first-order valence-corrected chi connectivity index (χ1v) is 6.78. The van der Waals surface area contributed by atoms with Crippen molar-refractivity contribution in [3.05, 3.63) is 29.6 Å². The van der Waals surface area contributed by atoms with E-state index in [9.17, 15) is 9.50 Å². The molecule has 0 aromatic heterocycles. The maximum absolute atomic E-state index is 13.4. The molecule has 19 heavy (non-hydrogen) atoms. The van der Waals surface area contributed by atoms with Gasteiger partial charge in [0.25, 0.3) is 0 Å². The van der Waals surface area contributed by atoms with Crippen LogP contribution in [0.25, 0.3) is 0 Å². The zero-order valence-electron chi connectivity index (χ0n) is 11.5. The first-order chi connectivity index (χ1) is 9.13.